The first kappa shape index (κ1) is 20.2. The lowest BCUT2D eigenvalue weighted by Crippen LogP contribution is -2.48. The first-order valence-corrected chi connectivity index (χ1v) is 9.67. The maximum Gasteiger partial charge on any atom is 0.164 e. The molecule has 2 aliphatic heterocycles. The summed E-state index contributed by atoms with van der Waals surface area (Å²) in [6.07, 6.45) is 1.65. The second-order valence-corrected chi connectivity index (χ2v) is 7.80. The highest BCUT2D eigenvalue weighted by Gasteiger charge is 2.48. The predicted molar refractivity (Wildman–Crippen MR) is 102 cm³/mol. The molecule has 0 spiro atoms. The zero-order valence-corrected chi connectivity index (χ0v) is 16.4. The van der Waals surface area contributed by atoms with Gasteiger partial charge in [0.25, 0.3) is 0 Å². The number of ketones is 1. The fourth-order valence-electron chi connectivity index (χ4n) is 3.74. The van der Waals surface area contributed by atoms with E-state index in [1.807, 2.05) is 51.1 Å². The van der Waals surface area contributed by atoms with E-state index in [9.17, 15) is 4.79 Å². The molecule has 2 saturated heterocycles. The Bertz CT molecular complexity index is 641. The van der Waals surface area contributed by atoms with Gasteiger partial charge >= 0.3 is 0 Å². The monoisotopic (exact) mass is 374 g/mol. The van der Waals surface area contributed by atoms with Crippen LogP contribution in [0.25, 0.3) is 0 Å². The van der Waals surface area contributed by atoms with E-state index in [1.54, 1.807) is 6.08 Å². The molecule has 5 nitrogen and oxygen atoms in total. The molecule has 148 valence electrons. The Kier molecular flexibility index (Phi) is 6.48. The lowest BCUT2D eigenvalue weighted by atomic mass is 9.88. The quantitative estimate of drug-likeness (QED) is 0.538. The van der Waals surface area contributed by atoms with Gasteiger partial charge in [-0.3, -0.25) is 4.79 Å². The maximum atomic E-state index is 12.5. The van der Waals surface area contributed by atoms with E-state index in [2.05, 4.69) is 6.58 Å². The van der Waals surface area contributed by atoms with Crippen LogP contribution in [0.15, 0.2) is 43.0 Å². The molecule has 2 aliphatic rings. The summed E-state index contributed by atoms with van der Waals surface area (Å²) in [6, 6.07) is 10.0. The van der Waals surface area contributed by atoms with Gasteiger partial charge in [0.05, 0.1) is 18.8 Å². The van der Waals surface area contributed by atoms with Crippen LogP contribution in [0.5, 0.6) is 0 Å². The van der Waals surface area contributed by atoms with Gasteiger partial charge in [-0.15, -0.1) is 6.58 Å². The molecule has 0 aromatic heterocycles. The first-order chi connectivity index (χ1) is 12.9. The third kappa shape index (κ3) is 5.05. The van der Waals surface area contributed by atoms with Crippen molar-refractivity contribution < 1.29 is 23.7 Å². The van der Waals surface area contributed by atoms with Crippen LogP contribution in [-0.2, 0) is 30.3 Å². The molecule has 2 fully saturated rings. The molecule has 2 heterocycles. The van der Waals surface area contributed by atoms with Gasteiger partial charge in [-0.25, -0.2) is 0 Å². The van der Waals surface area contributed by atoms with E-state index in [-0.39, 0.29) is 36.1 Å². The average molecular weight is 374 g/mol. The van der Waals surface area contributed by atoms with Crippen molar-refractivity contribution in [1.82, 2.24) is 0 Å². The zero-order valence-electron chi connectivity index (χ0n) is 16.4. The van der Waals surface area contributed by atoms with Crippen molar-refractivity contribution in [1.29, 1.82) is 0 Å². The molecule has 0 amide bonds. The van der Waals surface area contributed by atoms with Crippen LogP contribution in [0.2, 0.25) is 0 Å². The molecule has 0 unspecified atom stereocenters. The Morgan fingerprint density at radius 2 is 2.00 bits per heavy atom. The number of carbonyl (C=O) groups is 1. The third-order valence-electron chi connectivity index (χ3n) is 5.24. The summed E-state index contributed by atoms with van der Waals surface area (Å²) in [5, 5.41) is 0. The SMILES string of the molecule is C=C[C@@H]1OC(C)(C)O[C@@H]1[C@H]1CC(=O)[C@@H](C)[C@@H](CCOCc2ccccc2)O1. The average Bonchev–Trinajstić information content (AvgIpc) is 2.97. The fourth-order valence-corrected chi connectivity index (χ4v) is 3.74. The lowest BCUT2D eigenvalue weighted by Gasteiger charge is -2.37. The van der Waals surface area contributed by atoms with Crippen LogP contribution in [0.3, 0.4) is 0 Å². The summed E-state index contributed by atoms with van der Waals surface area (Å²) in [5.41, 5.74) is 1.14. The van der Waals surface area contributed by atoms with Gasteiger partial charge in [0.1, 0.15) is 18.0 Å². The van der Waals surface area contributed by atoms with Crippen LogP contribution in [0.1, 0.15) is 39.2 Å². The summed E-state index contributed by atoms with van der Waals surface area (Å²) in [6.45, 7) is 10.6. The van der Waals surface area contributed by atoms with Crippen molar-refractivity contribution in [2.75, 3.05) is 6.61 Å². The Morgan fingerprint density at radius 3 is 2.70 bits per heavy atom. The van der Waals surface area contributed by atoms with Gasteiger partial charge in [-0.05, 0) is 25.8 Å². The van der Waals surface area contributed by atoms with Crippen molar-refractivity contribution >= 4 is 5.78 Å². The van der Waals surface area contributed by atoms with Crippen LogP contribution < -0.4 is 0 Å². The standard InChI is InChI=1S/C22H30O5/c1-5-18-21(27-22(3,4)26-18)20-13-17(23)15(2)19(25-20)11-12-24-14-16-9-7-6-8-10-16/h5-10,15,18-21H,1,11-14H2,2-4H3/t15-,18+,19-,20-,21+/m1/s1. The summed E-state index contributed by atoms with van der Waals surface area (Å²) in [4.78, 5) is 12.5. The highest BCUT2D eigenvalue weighted by atomic mass is 16.8. The molecule has 0 radical (unpaired) electrons. The Labute approximate surface area is 161 Å². The number of ether oxygens (including phenoxy) is 4. The smallest absolute Gasteiger partial charge is 0.164 e. The van der Waals surface area contributed by atoms with Crippen LogP contribution in [0.4, 0.5) is 0 Å². The van der Waals surface area contributed by atoms with E-state index in [0.29, 0.717) is 26.1 Å². The summed E-state index contributed by atoms with van der Waals surface area (Å²) >= 11 is 0. The molecule has 0 N–H and O–H groups in total. The van der Waals surface area contributed by atoms with Gasteiger partial charge in [0, 0.05) is 18.9 Å². The van der Waals surface area contributed by atoms with E-state index in [0.717, 1.165) is 5.56 Å². The molecule has 0 bridgehead atoms. The molecule has 0 aliphatic carbocycles. The van der Waals surface area contributed by atoms with E-state index in [4.69, 9.17) is 18.9 Å². The molecule has 1 aromatic carbocycles. The van der Waals surface area contributed by atoms with Gasteiger partial charge in [-0.1, -0.05) is 43.3 Å². The molecular formula is C22H30O5. The summed E-state index contributed by atoms with van der Waals surface area (Å²) in [7, 11) is 0. The molecular weight excluding hydrogens is 344 g/mol. The lowest BCUT2D eigenvalue weighted by molar-refractivity contribution is -0.182. The van der Waals surface area contributed by atoms with Gasteiger partial charge in [0.15, 0.2) is 5.79 Å². The van der Waals surface area contributed by atoms with Gasteiger partial charge < -0.3 is 18.9 Å². The number of rotatable bonds is 7. The minimum Gasteiger partial charge on any atom is -0.377 e. The second-order valence-electron chi connectivity index (χ2n) is 7.80. The zero-order chi connectivity index (χ0) is 19.4. The van der Waals surface area contributed by atoms with Gasteiger partial charge in [0.2, 0.25) is 0 Å². The number of hydrogen-bond acceptors (Lipinski definition) is 5. The van der Waals surface area contributed by atoms with Crippen molar-refractivity contribution in [3.8, 4) is 0 Å². The number of hydrogen-bond donors (Lipinski definition) is 0. The number of Topliss-reactive ketones (excluding diaryl/α,β-unsaturated/α-hetero) is 1. The first-order valence-electron chi connectivity index (χ1n) is 9.67. The molecule has 5 atom stereocenters. The Morgan fingerprint density at radius 1 is 1.26 bits per heavy atom. The van der Waals surface area contributed by atoms with E-state index < -0.39 is 5.79 Å². The van der Waals surface area contributed by atoms with Crippen LogP contribution >= 0.6 is 0 Å². The van der Waals surface area contributed by atoms with Gasteiger partial charge in [-0.2, -0.15) is 0 Å². The minimum absolute atomic E-state index is 0.140. The Hall–Kier alpha value is -1.53. The van der Waals surface area contributed by atoms with Crippen molar-refractivity contribution in [3.05, 3.63) is 48.6 Å². The second kappa shape index (κ2) is 8.65. The van der Waals surface area contributed by atoms with Crippen LogP contribution in [-0.4, -0.2) is 42.6 Å². The van der Waals surface area contributed by atoms with Crippen molar-refractivity contribution in [3.63, 3.8) is 0 Å². The van der Waals surface area contributed by atoms with E-state index >= 15 is 0 Å². The van der Waals surface area contributed by atoms with Crippen molar-refractivity contribution in [2.45, 2.75) is 70.4 Å². The predicted octanol–water partition coefficient (Wildman–Crippen LogP) is 3.66. The number of benzene rings is 1. The normalized spacial score (nSPS) is 33.1. The van der Waals surface area contributed by atoms with E-state index in [1.165, 1.54) is 0 Å². The molecule has 5 heteroatoms. The minimum atomic E-state index is -0.701. The van der Waals surface area contributed by atoms with Crippen LogP contribution in [0, 0.1) is 5.92 Å². The Balaban J connectivity index is 1.55. The maximum absolute atomic E-state index is 12.5. The number of carbonyl (C=O) groups excluding carboxylic acids is 1. The summed E-state index contributed by atoms with van der Waals surface area (Å²) < 4.78 is 23.9. The largest absolute Gasteiger partial charge is 0.377 e. The molecule has 1 aromatic rings. The molecule has 27 heavy (non-hydrogen) atoms. The third-order valence-corrected chi connectivity index (χ3v) is 5.24. The molecule has 0 saturated carbocycles. The van der Waals surface area contributed by atoms with Crippen molar-refractivity contribution in [2.24, 2.45) is 5.92 Å². The summed E-state index contributed by atoms with van der Waals surface area (Å²) in [5.74, 6) is -0.637. The topological polar surface area (TPSA) is 54.0 Å². The fraction of sp³-hybridized carbons (Fsp3) is 0.591. The molecule has 3 rings (SSSR count). The highest BCUT2D eigenvalue weighted by molar-refractivity contribution is 5.82. The highest BCUT2D eigenvalue weighted by Crippen LogP contribution is 2.36.